The molecule has 0 atom stereocenters. The molecule has 1 rings (SSSR count). The maximum absolute atomic E-state index is 12.1. The third-order valence-corrected chi connectivity index (χ3v) is 3.02. The van der Waals surface area contributed by atoms with E-state index < -0.39 is 0 Å². The van der Waals surface area contributed by atoms with Crippen LogP contribution in [0.4, 0.5) is 0 Å². The van der Waals surface area contributed by atoms with Gasteiger partial charge in [-0.1, -0.05) is 30.3 Å². The van der Waals surface area contributed by atoms with E-state index in [-0.39, 0.29) is 18.3 Å². The molecule has 0 saturated carbocycles. The average Bonchev–Trinajstić information content (AvgIpc) is 2.46. The summed E-state index contributed by atoms with van der Waals surface area (Å²) in [7, 11) is 3.52. The molecule has 0 spiro atoms. The lowest BCUT2D eigenvalue weighted by Crippen LogP contribution is -2.36. The minimum Gasteiger partial charge on any atom is -0.383 e. The number of halogens is 1. The van der Waals surface area contributed by atoms with E-state index in [1.807, 2.05) is 30.1 Å². The van der Waals surface area contributed by atoms with Crippen LogP contribution in [0.3, 0.4) is 0 Å². The normalized spacial score (nSPS) is 9.90. The van der Waals surface area contributed by atoms with Gasteiger partial charge in [0, 0.05) is 33.2 Å². The topological polar surface area (TPSA) is 41.6 Å². The Bertz CT molecular complexity index is 360. The zero-order valence-corrected chi connectivity index (χ0v) is 13.1. The van der Waals surface area contributed by atoms with Gasteiger partial charge in [-0.3, -0.25) is 4.79 Å². The summed E-state index contributed by atoms with van der Waals surface area (Å²) in [5.74, 6) is 0.183. The molecule has 1 N–H and O–H groups in total. The highest BCUT2D eigenvalue weighted by Crippen LogP contribution is 2.03. The summed E-state index contributed by atoms with van der Waals surface area (Å²) in [6.45, 7) is 2.70. The number of nitrogens with zero attached hydrogens (tertiary/aromatic N) is 1. The summed E-state index contributed by atoms with van der Waals surface area (Å²) in [4.78, 5) is 13.9. The average molecular weight is 301 g/mol. The molecular formula is C15H25ClN2O2. The number of rotatable bonds is 9. The van der Waals surface area contributed by atoms with Crippen LogP contribution >= 0.6 is 12.4 Å². The molecule has 0 aromatic heterocycles. The molecule has 1 aromatic rings. The first-order valence-electron chi connectivity index (χ1n) is 6.73. The van der Waals surface area contributed by atoms with Crippen molar-refractivity contribution < 1.29 is 9.53 Å². The van der Waals surface area contributed by atoms with Crippen molar-refractivity contribution >= 4 is 18.3 Å². The van der Waals surface area contributed by atoms with Crippen molar-refractivity contribution in [2.45, 2.75) is 12.8 Å². The second-order valence-corrected chi connectivity index (χ2v) is 4.46. The molecule has 0 bridgehead atoms. The second-order valence-electron chi connectivity index (χ2n) is 4.46. The molecule has 5 heteroatoms. The van der Waals surface area contributed by atoms with Crippen molar-refractivity contribution in [2.75, 3.05) is 40.4 Å². The van der Waals surface area contributed by atoms with E-state index in [0.717, 1.165) is 13.0 Å². The Kier molecular flexibility index (Phi) is 11.1. The molecule has 1 aromatic carbocycles. The fourth-order valence-corrected chi connectivity index (χ4v) is 1.86. The molecular weight excluding hydrogens is 276 g/mol. The minimum atomic E-state index is 0. The van der Waals surface area contributed by atoms with Crippen molar-refractivity contribution in [3.63, 3.8) is 0 Å². The van der Waals surface area contributed by atoms with E-state index in [2.05, 4.69) is 17.4 Å². The van der Waals surface area contributed by atoms with Gasteiger partial charge < -0.3 is 15.0 Å². The summed E-state index contributed by atoms with van der Waals surface area (Å²) in [6, 6.07) is 10.2. The second kappa shape index (κ2) is 11.7. The van der Waals surface area contributed by atoms with Crippen molar-refractivity contribution in [1.29, 1.82) is 0 Å². The van der Waals surface area contributed by atoms with Crippen LogP contribution in [0.25, 0.3) is 0 Å². The van der Waals surface area contributed by atoms with Gasteiger partial charge in [0.1, 0.15) is 0 Å². The maximum atomic E-state index is 12.1. The lowest BCUT2D eigenvalue weighted by molar-refractivity contribution is -0.131. The lowest BCUT2D eigenvalue weighted by atomic mass is 10.1. The maximum Gasteiger partial charge on any atom is 0.223 e. The van der Waals surface area contributed by atoms with E-state index in [1.54, 1.807) is 7.11 Å². The Morgan fingerprint density at radius 1 is 1.25 bits per heavy atom. The molecule has 114 valence electrons. The van der Waals surface area contributed by atoms with Gasteiger partial charge in [-0.2, -0.15) is 0 Å². The molecule has 1 amide bonds. The van der Waals surface area contributed by atoms with Crippen LogP contribution in [0.1, 0.15) is 12.0 Å². The van der Waals surface area contributed by atoms with E-state index in [9.17, 15) is 4.79 Å². The van der Waals surface area contributed by atoms with Crippen molar-refractivity contribution in [3.8, 4) is 0 Å². The van der Waals surface area contributed by atoms with E-state index in [4.69, 9.17) is 4.74 Å². The first kappa shape index (κ1) is 18.9. The van der Waals surface area contributed by atoms with Gasteiger partial charge in [0.25, 0.3) is 0 Å². The summed E-state index contributed by atoms with van der Waals surface area (Å²) in [5.41, 5.74) is 1.26. The van der Waals surface area contributed by atoms with Gasteiger partial charge in [-0.25, -0.2) is 0 Å². The number of carbonyl (C=O) groups excluding carboxylic acids is 1. The number of nitrogens with one attached hydrogen (secondary N) is 1. The number of methoxy groups -OCH3 is 1. The Morgan fingerprint density at radius 3 is 2.55 bits per heavy atom. The number of hydrogen-bond acceptors (Lipinski definition) is 3. The van der Waals surface area contributed by atoms with Gasteiger partial charge in [0.15, 0.2) is 0 Å². The molecule has 0 heterocycles. The van der Waals surface area contributed by atoms with Crippen LogP contribution in [0.15, 0.2) is 30.3 Å². The third kappa shape index (κ3) is 7.48. The smallest absolute Gasteiger partial charge is 0.223 e. The fraction of sp³-hybridized carbons (Fsp3) is 0.533. The van der Waals surface area contributed by atoms with Gasteiger partial charge in [0.05, 0.1) is 6.61 Å². The standard InChI is InChI=1S/C15H24N2O2.ClH/c1-16-10-8-15(18)17(12-13-19-2)11-9-14-6-4-3-5-7-14;/h3-7,16H,8-13H2,1-2H3;1H. The van der Waals surface area contributed by atoms with Crippen LogP contribution in [0.5, 0.6) is 0 Å². The molecule has 0 aliphatic heterocycles. The molecule has 0 unspecified atom stereocenters. The van der Waals surface area contributed by atoms with Crippen LogP contribution in [0, 0.1) is 0 Å². The lowest BCUT2D eigenvalue weighted by Gasteiger charge is -2.22. The van der Waals surface area contributed by atoms with Gasteiger partial charge in [0.2, 0.25) is 5.91 Å². The Labute approximate surface area is 127 Å². The predicted octanol–water partition coefficient (Wildman–Crippen LogP) is 1.74. The minimum absolute atomic E-state index is 0. The molecule has 0 aliphatic rings. The largest absolute Gasteiger partial charge is 0.383 e. The van der Waals surface area contributed by atoms with Gasteiger partial charge in [-0.05, 0) is 19.0 Å². The van der Waals surface area contributed by atoms with E-state index in [1.165, 1.54) is 5.56 Å². The first-order valence-corrected chi connectivity index (χ1v) is 6.73. The first-order chi connectivity index (χ1) is 9.27. The van der Waals surface area contributed by atoms with Crippen LogP contribution in [0.2, 0.25) is 0 Å². The number of amides is 1. The molecule has 0 saturated heterocycles. The zero-order valence-electron chi connectivity index (χ0n) is 12.3. The zero-order chi connectivity index (χ0) is 13.9. The third-order valence-electron chi connectivity index (χ3n) is 3.02. The van der Waals surface area contributed by atoms with Crippen LogP contribution in [-0.4, -0.2) is 51.2 Å². The van der Waals surface area contributed by atoms with E-state index >= 15 is 0 Å². The number of benzene rings is 1. The van der Waals surface area contributed by atoms with Crippen molar-refractivity contribution in [2.24, 2.45) is 0 Å². The fourth-order valence-electron chi connectivity index (χ4n) is 1.86. The summed E-state index contributed by atoms with van der Waals surface area (Å²) >= 11 is 0. The van der Waals surface area contributed by atoms with Crippen LogP contribution < -0.4 is 5.32 Å². The van der Waals surface area contributed by atoms with Crippen LogP contribution in [-0.2, 0) is 16.0 Å². The van der Waals surface area contributed by atoms with E-state index in [0.29, 0.717) is 26.1 Å². The number of ether oxygens (including phenoxy) is 1. The van der Waals surface area contributed by atoms with Gasteiger partial charge >= 0.3 is 0 Å². The monoisotopic (exact) mass is 300 g/mol. The predicted molar refractivity (Wildman–Crippen MR) is 84.4 cm³/mol. The Morgan fingerprint density at radius 2 is 1.95 bits per heavy atom. The Balaban J connectivity index is 0.00000361. The highest BCUT2D eigenvalue weighted by molar-refractivity contribution is 5.85. The summed E-state index contributed by atoms with van der Waals surface area (Å²) in [6.07, 6.45) is 1.42. The number of carbonyl (C=O) groups is 1. The summed E-state index contributed by atoms with van der Waals surface area (Å²) in [5, 5.41) is 3.00. The molecule has 4 nitrogen and oxygen atoms in total. The Hall–Kier alpha value is -1.10. The SMILES string of the molecule is CNCCC(=O)N(CCOC)CCc1ccccc1.Cl. The molecule has 20 heavy (non-hydrogen) atoms. The highest BCUT2D eigenvalue weighted by atomic mass is 35.5. The highest BCUT2D eigenvalue weighted by Gasteiger charge is 2.12. The van der Waals surface area contributed by atoms with Crippen molar-refractivity contribution in [1.82, 2.24) is 10.2 Å². The summed E-state index contributed by atoms with van der Waals surface area (Å²) < 4.78 is 5.07. The number of hydrogen-bond donors (Lipinski definition) is 1. The molecule has 0 fully saturated rings. The van der Waals surface area contributed by atoms with Gasteiger partial charge in [-0.15, -0.1) is 12.4 Å². The quantitative estimate of drug-likeness (QED) is 0.755. The molecule has 0 radical (unpaired) electrons. The molecule has 0 aliphatic carbocycles. The van der Waals surface area contributed by atoms with Crippen molar-refractivity contribution in [3.05, 3.63) is 35.9 Å².